The molecule has 0 bridgehead atoms. The first kappa shape index (κ1) is 21.9. The van der Waals surface area contributed by atoms with Gasteiger partial charge < -0.3 is 10.1 Å². The zero-order valence-corrected chi connectivity index (χ0v) is 18.4. The molecule has 0 unspecified atom stereocenters. The summed E-state index contributed by atoms with van der Waals surface area (Å²) in [5.41, 5.74) is 1.29. The number of carbonyl (C=O) groups is 1. The molecule has 3 rings (SSSR count). The Morgan fingerprint density at radius 1 is 1.17 bits per heavy atom. The molecule has 0 radical (unpaired) electrons. The quantitative estimate of drug-likeness (QED) is 0.725. The molecule has 0 saturated carbocycles. The summed E-state index contributed by atoms with van der Waals surface area (Å²) in [6, 6.07) is 9.79. The molecule has 1 aliphatic rings. The van der Waals surface area contributed by atoms with Gasteiger partial charge in [0.2, 0.25) is 15.9 Å². The number of carbonyl (C=O) groups excluding carboxylic acids is 1. The summed E-state index contributed by atoms with van der Waals surface area (Å²) < 4.78 is 33.0. The van der Waals surface area contributed by atoms with E-state index in [0.717, 1.165) is 5.56 Å². The van der Waals surface area contributed by atoms with E-state index in [9.17, 15) is 13.2 Å². The molecule has 0 aliphatic carbocycles. The number of methoxy groups -OCH3 is 1. The lowest BCUT2D eigenvalue weighted by Gasteiger charge is -2.31. The van der Waals surface area contributed by atoms with Crippen LogP contribution in [0.5, 0.6) is 5.75 Å². The number of ether oxygens (including phenoxy) is 1. The molecule has 1 atom stereocenters. The Bertz CT molecular complexity index is 1010. The van der Waals surface area contributed by atoms with Crippen molar-refractivity contribution in [2.24, 2.45) is 5.92 Å². The van der Waals surface area contributed by atoms with Crippen LogP contribution in [0.3, 0.4) is 0 Å². The van der Waals surface area contributed by atoms with Gasteiger partial charge in [-0.1, -0.05) is 29.3 Å². The average Bonchev–Trinajstić information content (AvgIpc) is 2.67. The highest BCUT2D eigenvalue weighted by molar-refractivity contribution is 7.89. The molecule has 2 aromatic rings. The molecule has 1 heterocycles. The summed E-state index contributed by atoms with van der Waals surface area (Å²) in [6.45, 7) is 2.27. The van der Waals surface area contributed by atoms with Crippen LogP contribution in [-0.2, 0) is 14.8 Å². The van der Waals surface area contributed by atoms with Gasteiger partial charge in [0.1, 0.15) is 10.6 Å². The molecule has 0 spiro atoms. The third-order valence-corrected chi connectivity index (χ3v) is 7.14. The van der Waals surface area contributed by atoms with Crippen molar-refractivity contribution in [1.29, 1.82) is 0 Å². The molecule has 1 aliphatic heterocycles. The van der Waals surface area contributed by atoms with Crippen molar-refractivity contribution >= 4 is 44.8 Å². The van der Waals surface area contributed by atoms with Crippen LogP contribution >= 0.6 is 23.2 Å². The fourth-order valence-electron chi connectivity index (χ4n) is 3.37. The predicted octanol–water partition coefficient (Wildman–Crippen LogP) is 4.35. The number of halogens is 2. The maximum atomic E-state index is 13.2. The minimum atomic E-state index is -3.79. The maximum Gasteiger partial charge on any atom is 0.246 e. The summed E-state index contributed by atoms with van der Waals surface area (Å²) in [5, 5.41) is 3.60. The Morgan fingerprint density at radius 2 is 1.86 bits per heavy atom. The second-order valence-corrected chi connectivity index (χ2v) is 9.78. The minimum absolute atomic E-state index is 0.0968. The summed E-state index contributed by atoms with van der Waals surface area (Å²) >= 11 is 12.0. The Labute approximate surface area is 180 Å². The van der Waals surface area contributed by atoms with Gasteiger partial charge in [0.25, 0.3) is 0 Å². The number of nitrogens with one attached hydrogen (secondary N) is 1. The van der Waals surface area contributed by atoms with Gasteiger partial charge in [-0.3, -0.25) is 4.79 Å². The number of piperidine rings is 1. The van der Waals surface area contributed by atoms with Crippen LogP contribution in [0.4, 0.5) is 5.69 Å². The number of aryl methyl sites for hydroxylation is 1. The second kappa shape index (κ2) is 8.92. The Hall–Kier alpha value is -1.80. The van der Waals surface area contributed by atoms with Crippen molar-refractivity contribution in [3.63, 3.8) is 0 Å². The highest BCUT2D eigenvalue weighted by Gasteiger charge is 2.35. The number of hydrogen-bond acceptors (Lipinski definition) is 4. The van der Waals surface area contributed by atoms with Gasteiger partial charge in [0, 0.05) is 28.8 Å². The van der Waals surface area contributed by atoms with Crippen LogP contribution in [0, 0.1) is 12.8 Å². The number of anilines is 1. The summed E-state index contributed by atoms with van der Waals surface area (Å²) in [5.74, 6) is -0.456. The van der Waals surface area contributed by atoms with Crippen molar-refractivity contribution < 1.29 is 17.9 Å². The molecular formula is C20H22Cl2N2O4S. The van der Waals surface area contributed by atoms with Gasteiger partial charge in [0.05, 0.1) is 13.0 Å². The molecule has 1 amide bonds. The molecular weight excluding hydrogens is 435 g/mol. The van der Waals surface area contributed by atoms with Crippen LogP contribution in [-0.4, -0.2) is 38.8 Å². The summed E-state index contributed by atoms with van der Waals surface area (Å²) in [7, 11) is -2.36. The highest BCUT2D eigenvalue weighted by Crippen LogP contribution is 2.31. The molecule has 9 heteroatoms. The lowest BCUT2D eigenvalue weighted by atomic mass is 9.99. The first-order chi connectivity index (χ1) is 13.7. The van der Waals surface area contributed by atoms with Gasteiger partial charge in [0.15, 0.2) is 0 Å². The summed E-state index contributed by atoms with van der Waals surface area (Å²) in [4.78, 5) is 12.8. The van der Waals surface area contributed by atoms with Crippen molar-refractivity contribution in [3.8, 4) is 5.75 Å². The maximum absolute atomic E-state index is 13.2. The molecule has 1 saturated heterocycles. The number of sulfonamides is 1. The average molecular weight is 457 g/mol. The number of nitrogens with zero attached hydrogens (tertiary/aromatic N) is 1. The van der Waals surface area contributed by atoms with E-state index < -0.39 is 15.9 Å². The van der Waals surface area contributed by atoms with Gasteiger partial charge in [-0.15, -0.1) is 0 Å². The fraction of sp³-hybridized carbons (Fsp3) is 0.350. The van der Waals surface area contributed by atoms with E-state index in [1.54, 1.807) is 36.4 Å². The third-order valence-electron chi connectivity index (χ3n) is 4.82. The topological polar surface area (TPSA) is 75.7 Å². The molecule has 29 heavy (non-hydrogen) atoms. The van der Waals surface area contributed by atoms with Crippen molar-refractivity contribution in [2.75, 3.05) is 25.5 Å². The smallest absolute Gasteiger partial charge is 0.246 e. The molecule has 2 aromatic carbocycles. The first-order valence-electron chi connectivity index (χ1n) is 9.12. The number of benzene rings is 2. The Morgan fingerprint density at radius 3 is 2.52 bits per heavy atom. The van der Waals surface area contributed by atoms with E-state index in [2.05, 4.69) is 5.32 Å². The fourth-order valence-corrected chi connectivity index (χ4v) is 5.66. The van der Waals surface area contributed by atoms with Crippen LogP contribution in [0.25, 0.3) is 0 Å². The van der Waals surface area contributed by atoms with E-state index in [4.69, 9.17) is 27.9 Å². The number of rotatable bonds is 5. The number of hydrogen-bond donors (Lipinski definition) is 1. The first-order valence-corrected chi connectivity index (χ1v) is 11.3. The monoisotopic (exact) mass is 456 g/mol. The standard InChI is InChI=1S/C20H22Cl2N2O4S/c1-13-5-6-18(28-2)19(8-13)29(26,27)24-7-3-4-14(12-24)20(25)23-17-10-15(21)9-16(22)11-17/h5-6,8-11,14H,3-4,7,12H2,1-2H3,(H,23,25)/t14-/m0/s1. The van der Waals surface area contributed by atoms with Gasteiger partial charge in [-0.2, -0.15) is 4.31 Å². The largest absolute Gasteiger partial charge is 0.495 e. The molecule has 0 aromatic heterocycles. The zero-order chi connectivity index (χ0) is 21.2. The van der Waals surface area contributed by atoms with Gasteiger partial charge in [-0.05, 0) is 55.7 Å². The third kappa shape index (κ3) is 5.04. The highest BCUT2D eigenvalue weighted by atomic mass is 35.5. The molecule has 1 N–H and O–H groups in total. The van der Waals surface area contributed by atoms with Crippen molar-refractivity contribution in [3.05, 3.63) is 52.0 Å². The van der Waals surface area contributed by atoms with Crippen LogP contribution in [0.2, 0.25) is 10.0 Å². The van der Waals surface area contributed by atoms with Crippen molar-refractivity contribution in [1.82, 2.24) is 4.31 Å². The summed E-state index contributed by atoms with van der Waals surface area (Å²) in [6.07, 6.45) is 1.18. The van der Waals surface area contributed by atoms with Gasteiger partial charge in [-0.25, -0.2) is 8.42 Å². The van der Waals surface area contributed by atoms with Crippen molar-refractivity contribution in [2.45, 2.75) is 24.7 Å². The molecule has 1 fully saturated rings. The van der Waals surface area contributed by atoms with E-state index >= 15 is 0 Å². The Kier molecular flexibility index (Phi) is 6.73. The predicted molar refractivity (Wildman–Crippen MR) is 114 cm³/mol. The van der Waals surface area contributed by atoms with E-state index in [1.807, 2.05) is 6.92 Å². The zero-order valence-electron chi connectivity index (χ0n) is 16.1. The minimum Gasteiger partial charge on any atom is -0.495 e. The number of amides is 1. The van der Waals surface area contributed by atoms with E-state index in [1.165, 1.54) is 11.4 Å². The van der Waals surface area contributed by atoms with Crippen LogP contribution < -0.4 is 10.1 Å². The van der Waals surface area contributed by atoms with E-state index in [-0.39, 0.29) is 23.1 Å². The Balaban J connectivity index is 1.79. The van der Waals surface area contributed by atoms with Crippen LogP contribution in [0.1, 0.15) is 18.4 Å². The molecule has 156 valence electrons. The normalized spacial score (nSPS) is 17.7. The van der Waals surface area contributed by atoms with Gasteiger partial charge >= 0.3 is 0 Å². The van der Waals surface area contributed by atoms with E-state index in [0.29, 0.717) is 35.1 Å². The second-order valence-electron chi connectivity index (χ2n) is 7.00. The molecule has 6 nitrogen and oxygen atoms in total. The SMILES string of the molecule is COc1ccc(C)cc1S(=O)(=O)N1CCC[C@H](C(=O)Nc2cc(Cl)cc(Cl)c2)C1. The van der Waals surface area contributed by atoms with Crippen LogP contribution in [0.15, 0.2) is 41.3 Å². The lowest BCUT2D eigenvalue weighted by Crippen LogP contribution is -2.43. The lowest BCUT2D eigenvalue weighted by molar-refractivity contribution is -0.120.